The van der Waals surface area contributed by atoms with Crippen molar-refractivity contribution in [3.8, 4) is 0 Å². The Morgan fingerprint density at radius 3 is 2.85 bits per heavy atom. The number of rotatable bonds is 5. The van der Waals surface area contributed by atoms with Gasteiger partial charge in [-0.05, 0) is 64.3 Å². The van der Waals surface area contributed by atoms with Gasteiger partial charge in [-0.2, -0.15) is 4.37 Å². The number of piperidine rings is 1. The third-order valence-corrected chi connectivity index (χ3v) is 4.63. The van der Waals surface area contributed by atoms with Crippen molar-refractivity contribution in [2.24, 2.45) is 5.92 Å². The number of likely N-dealkylation sites (tertiary alicyclic amines) is 1. The monoisotopic (exact) mass is 297 g/mol. The predicted molar refractivity (Wildman–Crippen MR) is 81.5 cm³/mol. The van der Waals surface area contributed by atoms with Crippen LogP contribution in [0.4, 0.5) is 5.00 Å². The Bertz CT molecular complexity index is 453. The lowest BCUT2D eigenvalue weighted by molar-refractivity contribution is 0.0527. The molecule has 0 spiro atoms. The zero-order valence-electron chi connectivity index (χ0n) is 12.4. The first-order valence-electron chi connectivity index (χ1n) is 7.17. The molecule has 0 atom stereocenters. The van der Waals surface area contributed by atoms with Gasteiger partial charge in [0, 0.05) is 6.54 Å². The van der Waals surface area contributed by atoms with Gasteiger partial charge >= 0.3 is 5.97 Å². The second-order valence-electron chi connectivity index (χ2n) is 5.32. The molecule has 0 aliphatic carbocycles. The van der Waals surface area contributed by atoms with Crippen LogP contribution >= 0.6 is 11.5 Å². The van der Waals surface area contributed by atoms with E-state index < -0.39 is 0 Å². The average molecular weight is 297 g/mol. The van der Waals surface area contributed by atoms with Gasteiger partial charge in [0.05, 0.1) is 12.3 Å². The minimum atomic E-state index is -0.273. The van der Waals surface area contributed by atoms with E-state index >= 15 is 0 Å². The molecular weight excluding hydrogens is 274 g/mol. The Morgan fingerprint density at radius 1 is 1.50 bits per heavy atom. The summed E-state index contributed by atoms with van der Waals surface area (Å²) in [4.78, 5) is 14.3. The van der Waals surface area contributed by atoms with E-state index in [4.69, 9.17) is 4.74 Å². The fourth-order valence-electron chi connectivity index (χ4n) is 2.44. The molecule has 0 bridgehead atoms. The molecule has 5 nitrogen and oxygen atoms in total. The Morgan fingerprint density at radius 2 is 2.20 bits per heavy atom. The van der Waals surface area contributed by atoms with Crippen LogP contribution in [0.3, 0.4) is 0 Å². The van der Waals surface area contributed by atoms with Crippen LogP contribution in [0.2, 0.25) is 0 Å². The van der Waals surface area contributed by atoms with Crippen molar-refractivity contribution in [1.82, 2.24) is 9.27 Å². The Labute approximate surface area is 124 Å². The summed E-state index contributed by atoms with van der Waals surface area (Å²) in [5, 5.41) is 4.24. The number of anilines is 1. The van der Waals surface area contributed by atoms with Crippen molar-refractivity contribution in [3.05, 3.63) is 11.3 Å². The lowest BCUT2D eigenvalue weighted by Crippen LogP contribution is -2.33. The van der Waals surface area contributed by atoms with Gasteiger partial charge in [0.2, 0.25) is 0 Å². The number of aromatic nitrogens is 1. The summed E-state index contributed by atoms with van der Waals surface area (Å²) in [6.45, 7) is 7.27. The molecule has 0 aromatic carbocycles. The van der Waals surface area contributed by atoms with Crippen LogP contribution in [-0.2, 0) is 4.74 Å². The Balaban J connectivity index is 1.94. The van der Waals surface area contributed by atoms with Crippen molar-refractivity contribution < 1.29 is 9.53 Å². The number of esters is 1. The Hall–Kier alpha value is -1.14. The number of carbonyl (C=O) groups is 1. The standard InChI is InChI=1S/C14H23N3O2S/c1-4-19-14(18)12-10(2)16-20-13(12)15-9-11-5-7-17(3)8-6-11/h11,15H,4-9H2,1-3H3. The van der Waals surface area contributed by atoms with E-state index in [1.54, 1.807) is 0 Å². The fourth-order valence-corrected chi connectivity index (χ4v) is 3.23. The minimum Gasteiger partial charge on any atom is -0.462 e. The van der Waals surface area contributed by atoms with Crippen LogP contribution in [0.15, 0.2) is 0 Å². The van der Waals surface area contributed by atoms with Gasteiger partial charge in [0.15, 0.2) is 0 Å². The van der Waals surface area contributed by atoms with E-state index in [1.165, 1.54) is 24.4 Å². The number of hydrogen-bond acceptors (Lipinski definition) is 6. The molecule has 0 amide bonds. The third kappa shape index (κ3) is 3.70. The molecule has 1 N–H and O–H groups in total. The maximum atomic E-state index is 11.9. The zero-order chi connectivity index (χ0) is 14.5. The second-order valence-corrected chi connectivity index (χ2v) is 6.09. The summed E-state index contributed by atoms with van der Waals surface area (Å²) < 4.78 is 9.36. The highest BCUT2D eigenvalue weighted by molar-refractivity contribution is 7.10. The number of hydrogen-bond donors (Lipinski definition) is 1. The van der Waals surface area contributed by atoms with Crippen LogP contribution in [0.5, 0.6) is 0 Å². The van der Waals surface area contributed by atoms with E-state index in [2.05, 4.69) is 21.6 Å². The molecule has 0 saturated carbocycles. The average Bonchev–Trinajstić information content (AvgIpc) is 2.79. The zero-order valence-corrected chi connectivity index (χ0v) is 13.3. The highest BCUT2D eigenvalue weighted by Crippen LogP contribution is 2.26. The summed E-state index contributed by atoms with van der Waals surface area (Å²) in [5.41, 5.74) is 1.35. The van der Waals surface area contributed by atoms with Crippen molar-refractivity contribution in [2.75, 3.05) is 38.6 Å². The third-order valence-electron chi connectivity index (χ3n) is 3.73. The smallest absolute Gasteiger partial charge is 0.343 e. The van der Waals surface area contributed by atoms with E-state index in [9.17, 15) is 4.79 Å². The van der Waals surface area contributed by atoms with Crippen molar-refractivity contribution in [1.29, 1.82) is 0 Å². The summed E-state index contributed by atoms with van der Waals surface area (Å²) in [6.07, 6.45) is 2.41. The second kappa shape index (κ2) is 7.04. The molecule has 20 heavy (non-hydrogen) atoms. The number of nitrogens with one attached hydrogen (secondary N) is 1. The van der Waals surface area contributed by atoms with Crippen molar-refractivity contribution in [2.45, 2.75) is 26.7 Å². The highest BCUT2D eigenvalue weighted by atomic mass is 32.1. The van der Waals surface area contributed by atoms with Gasteiger partial charge in [-0.15, -0.1) is 0 Å². The molecule has 2 heterocycles. The molecule has 1 aliphatic rings. The lowest BCUT2D eigenvalue weighted by atomic mass is 9.97. The van der Waals surface area contributed by atoms with E-state index in [1.807, 2.05) is 13.8 Å². The number of carbonyl (C=O) groups excluding carboxylic acids is 1. The normalized spacial score (nSPS) is 17.1. The molecule has 6 heteroatoms. The lowest BCUT2D eigenvalue weighted by Gasteiger charge is -2.29. The predicted octanol–water partition coefficient (Wildman–Crippen LogP) is 2.38. The van der Waals surface area contributed by atoms with E-state index in [0.29, 0.717) is 18.1 Å². The molecule has 0 radical (unpaired) electrons. The molecule has 0 unspecified atom stereocenters. The largest absolute Gasteiger partial charge is 0.462 e. The fraction of sp³-hybridized carbons (Fsp3) is 0.714. The van der Waals surface area contributed by atoms with Crippen molar-refractivity contribution >= 4 is 22.5 Å². The van der Waals surface area contributed by atoms with Crippen LogP contribution in [0, 0.1) is 12.8 Å². The topological polar surface area (TPSA) is 54.5 Å². The molecular formula is C14H23N3O2S. The first kappa shape index (κ1) is 15.3. The van der Waals surface area contributed by atoms with Crippen LogP contribution in [0.1, 0.15) is 35.8 Å². The number of aryl methyl sites for hydroxylation is 1. The van der Waals surface area contributed by atoms with Gasteiger partial charge < -0.3 is 15.0 Å². The first-order valence-corrected chi connectivity index (χ1v) is 7.95. The molecule has 1 aromatic rings. The summed E-state index contributed by atoms with van der Waals surface area (Å²) in [7, 11) is 2.16. The van der Waals surface area contributed by atoms with Gasteiger partial charge in [0.1, 0.15) is 10.6 Å². The maximum absolute atomic E-state index is 11.9. The number of nitrogens with zero attached hydrogens (tertiary/aromatic N) is 2. The summed E-state index contributed by atoms with van der Waals surface area (Å²) in [6, 6.07) is 0. The van der Waals surface area contributed by atoms with Crippen molar-refractivity contribution in [3.63, 3.8) is 0 Å². The maximum Gasteiger partial charge on any atom is 0.343 e. The number of ether oxygens (including phenoxy) is 1. The molecule has 1 aromatic heterocycles. The van der Waals surface area contributed by atoms with Crippen LogP contribution in [0.25, 0.3) is 0 Å². The van der Waals surface area contributed by atoms with Crippen LogP contribution < -0.4 is 5.32 Å². The highest BCUT2D eigenvalue weighted by Gasteiger charge is 2.21. The summed E-state index contributed by atoms with van der Waals surface area (Å²) in [5.74, 6) is 0.397. The minimum absolute atomic E-state index is 0.273. The van der Waals surface area contributed by atoms with E-state index in [-0.39, 0.29) is 5.97 Å². The van der Waals surface area contributed by atoms with Gasteiger partial charge in [-0.1, -0.05) is 0 Å². The van der Waals surface area contributed by atoms with Gasteiger partial charge in [-0.25, -0.2) is 4.79 Å². The SMILES string of the molecule is CCOC(=O)c1c(C)nsc1NCC1CCN(C)CC1. The quantitative estimate of drug-likeness (QED) is 0.846. The van der Waals surface area contributed by atoms with Gasteiger partial charge in [-0.3, -0.25) is 0 Å². The molecule has 1 saturated heterocycles. The Kier molecular flexibility index (Phi) is 5.37. The summed E-state index contributed by atoms with van der Waals surface area (Å²) >= 11 is 1.35. The van der Waals surface area contributed by atoms with Gasteiger partial charge in [0.25, 0.3) is 0 Å². The molecule has 2 rings (SSSR count). The first-order chi connectivity index (χ1) is 9.61. The molecule has 1 aliphatic heterocycles. The van der Waals surface area contributed by atoms with Crippen LogP contribution in [-0.4, -0.2) is 48.5 Å². The van der Waals surface area contributed by atoms with E-state index in [0.717, 1.165) is 30.3 Å². The molecule has 1 fully saturated rings. The molecule has 112 valence electrons.